The van der Waals surface area contributed by atoms with Gasteiger partial charge in [-0.3, -0.25) is 0 Å². The molecule has 0 amide bonds. The van der Waals surface area contributed by atoms with Gasteiger partial charge in [0.05, 0.1) is 0 Å². The summed E-state index contributed by atoms with van der Waals surface area (Å²) in [7, 11) is 0. The van der Waals surface area contributed by atoms with E-state index >= 15 is 0 Å². The van der Waals surface area contributed by atoms with Gasteiger partial charge in [-0.1, -0.05) is 44.3 Å². The van der Waals surface area contributed by atoms with Crippen LogP contribution in [-0.4, -0.2) is 10.5 Å². The van der Waals surface area contributed by atoms with E-state index in [1.54, 1.807) is 30.3 Å². The van der Waals surface area contributed by atoms with Crippen molar-refractivity contribution >= 4 is 76.2 Å². The summed E-state index contributed by atoms with van der Waals surface area (Å²) in [6, 6.07) is 5.02. The Kier molecular flexibility index (Phi) is 5.54. The lowest BCUT2D eigenvalue weighted by molar-refractivity contribution is 0.438. The fourth-order valence-corrected chi connectivity index (χ4v) is 12.2. The summed E-state index contributed by atoms with van der Waals surface area (Å²) in [6.07, 6.45) is 18.1. The highest BCUT2D eigenvalue weighted by Gasteiger charge is 2.35. The van der Waals surface area contributed by atoms with Crippen LogP contribution in [0.2, 0.25) is 0 Å². The third-order valence-electron chi connectivity index (χ3n) is 8.24. The highest BCUT2D eigenvalue weighted by atomic mass is 32.2. The first kappa shape index (κ1) is 21.6. The number of fused-ring (bicyclic) bond motifs is 4. The molecule has 4 aliphatic rings. The zero-order valence-corrected chi connectivity index (χ0v) is 22.9. The van der Waals surface area contributed by atoms with Gasteiger partial charge in [-0.25, -0.2) is 0 Å². The van der Waals surface area contributed by atoms with E-state index in [0.717, 1.165) is 22.3 Å². The van der Waals surface area contributed by atoms with Crippen LogP contribution in [0.25, 0.3) is 30.0 Å². The van der Waals surface area contributed by atoms with E-state index in [1.165, 1.54) is 78.3 Å². The van der Waals surface area contributed by atoms with Crippen LogP contribution in [0.1, 0.15) is 78.7 Å². The third-order valence-corrected chi connectivity index (χ3v) is 13.3. The fourth-order valence-electron chi connectivity index (χ4n) is 6.69. The summed E-state index contributed by atoms with van der Waals surface area (Å²) in [6.45, 7) is 4.63. The average Bonchev–Trinajstić information content (AvgIpc) is 3.54. The van der Waals surface area contributed by atoms with Crippen molar-refractivity contribution in [3.63, 3.8) is 0 Å². The second-order valence-electron chi connectivity index (χ2n) is 10.6. The van der Waals surface area contributed by atoms with E-state index < -0.39 is 0 Å². The number of aryl methyl sites for hydroxylation is 2. The molecule has 3 aromatic rings. The molecule has 4 atom stereocenters. The molecule has 0 saturated heterocycles. The van der Waals surface area contributed by atoms with Gasteiger partial charge in [0.25, 0.3) is 0 Å². The SMILES string of the molecule is Cc1cc2c(C3=CC4CCCCC4S3)c3sc(C)cc3c(C3=CC4CCCCCC4S3)c2s1. The highest BCUT2D eigenvalue weighted by Crippen LogP contribution is 2.57. The molecule has 2 aliphatic heterocycles. The van der Waals surface area contributed by atoms with Gasteiger partial charge < -0.3 is 0 Å². The Labute approximate surface area is 214 Å². The van der Waals surface area contributed by atoms with Crippen molar-refractivity contribution in [3.05, 3.63) is 45.2 Å². The van der Waals surface area contributed by atoms with Crippen LogP contribution in [0.4, 0.5) is 0 Å². The number of allylic oxidation sites excluding steroid dienone is 2. The Bertz CT molecular complexity index is 1240. The first-order valence-electron chi connectivity index (χ1n) is 12.9. The first-order chi connectivity index (χ1) is 16.2. The Balaban J connectivity index is 1.44. The van der Waals surface area contributed by atoms with Crippen LogP contribution < -0.4 is 0 Å². The zero-order valence-electron chi connectivity index (χ0n) is 19.6. The summed E-state index contributed by atoms with van der Waals surface area (Å²) in [5.74, 6) is 1.58. The van der Waals surface area contributed by atoms with Crippen LogP contribution in [-0.2, 0) is 0 Å². The summed E-state index contributed by atoms with van der Waals surface area (Å²) in [5.41, 5.74) is 3.15. The van der Waals surface area contributed by atoms with Crippen LogP contribution >= 0.6 is 46.2 Å². The number of thiophene rings is 2. The molecule has 0 bridgehead atoms. The number of hydrogen-bond donors (Lipinski definition) is 0. The molecule has 1 aromatic carbocycles. The van der Waals surface area contributed by atoms with Crippen molar-refractivity contribution in [3.8, 4) is 0 Å². The molecule has 0 N–H and O–H groups in total. The lowest BCUT2D eigenvalue weighted by atomic mass is 9.88. The van der Waals surface area contributed by atoms with E-state index in [2.05, 4.69) is 61.7 Å². The molecule has 0 spiro atoms. The Hall–Kier alpha value is -0.680. The van der Waals surface area contributed by atoms with Gasteiger partial charge in [-0.05, 0) is 63.5 Å². The largest absolute Gasteiger partial charge is 0.140 e. The fraction of sp³-hybridized carbons (Fsp3) is 0.517. The van der Waals surface area contributed by atoms with Crippen molar-refractivity contribution < 1.29 is 0 Å². The summed E-state index contributed by atoms with van der Waals surface area (Å²) in [4.78, 5) is 6.10. The summed E-state index contributed by atoms with van der Waals surface area (Å²) in [5, 5.41) is 4.70. The number of thioether (sulfide) groups is 2. The van der Waals surface area contributed by atoms with E-state index in [4.69, 9.17) is 0 Å². The minimum absolute atomic E-state index is 0.786. The predicted molar refractivity (Wildman–Crippen MR) is 154 cm³/mol. The van der Waals surface area contributed by atoms with Crippen LogP contribution in [0.3, 0.4) is 0 Å². The van der Waals surface area contributed by atoms with Gasteiger partial charge in [0.2, 0.25) is 0 Å². The monoisotopic (exact) mass is 508 g/mol. The second kappa shape index (κ2) is 8.47. The van der Waals surface area contributed by atoms with Crippen molar-refractivity contribution in [2.45, 2.75) is 82.1 Å². The minimum Gasteiger partial charge on any atom is -0.140 e. The van der Waals surface area contributed by atoms with Crippen LogP contribution in [0.5, 0.6) is 0 Å². The first-order valence-corrected chi connectivity index (χ1v) is 16.3. The van der Waals surface area contributed by atoms with Crippen molar-refractivity contribution in [2.24, 2.45) is 11.8 Å². The summed E-state index contributed by atoms with van der Waals surface area (Å²) >= 11 is 8.50. The molecule has 0 radical (unpaired) electrons. The number of rotatable bonds is 2. The van der Waals surface area contributed by atoms with Crippen molar-refractivity contribution in [1.82, 2.24) is 0 Å². The molecule has 2 aromatic heterocycles. The predicted octanol–water partition coefficient (Wildman–Crippen LogP) is 10.4. The molecule has 33 heavy (non-hydrogen) atoms. The maximum atomic E-state index is 2.69. The highest BCUT2D eigenvalue weighted by molar-refractivity contribution is 8.09. The molecule has 2 fully saturated rings. The van der Waals surface area contributed by atoms with Crippen LogP contribution in [0, 0.1) is 25.7 Å². The molecular formula is C29H32S4. The third kappa shape index (κ3) is 3.61. The summed E-state index contributed by atoms with van der Waals surface area (Å²) < 4.78 is 3.11. The normalized spacial score (nSPS) is 29.8. The standard InChI is InChI=1S/C29H32S4/c1-16-12-20-26(24-14-18-8-4-3-5-10-22(18)32-24)28-21(13-17(2)30-28)27(29(20)31-16)25-15-19-9-6-7-11-23(19)33-25/h12-15,18-19,22-23H,3-11H2,1-2H3. The Morgan fingerprint density at radius 3 is 1.61 bits per heavy atom. The average molecular weight is 509 g/mol. The van der Waals surface area contributed by atoms with E-state index in [9.17, 15) is 0 Å². The molecule has 2 saturated carbocycles. The lowest BCUT2D eigenvalue weighted by Crippen LogP contribution is -2.15. The number of benzene rings is 1. The Morgan fingerprint density at radius 1 is 0.606 bits per heavy atom. The maximum Gasteiger partial charge on any atom is 0.0442 e. The van der Waals surface area contributed by atoms with Gasteiger partial charge in [0.1, 0.15) is 0 Å². The van der Waals surface area contributed by atoms with Gasteiger partial charge in [0, 0.05) is 61.4 Å². The van der Waals surface area contributed by atoms with Crippen molar-refractivity contribution in [1.29, 1.82) is 0 Å². The maximum absolute atomic E-state index is 2.69. The van der Waals surface area contributed by atoms with Gasteiger partial charge >= 0.3 is 0 Å². The quantitative estimate of drug-likeness (QED) is 0.337. The zero-order chi connectivity index (χ0) is 22.1. The molecule has 4 unspecified atom stereocenters. The van der Waals surface area contributed by atoms with Gasteiger partial charge in [-0.2, -0.15) is 0 Å². The molecular weight excluding hydrogens is 477 g/mol. The van der Waals surface area contributed by atoms with Crippen LogP contribution in [0.15, 0.2) is 24.3 Å². The van der Waals surface area contributed by atoms with E-state index in [0.29, 0.717) is 0 Å². The minimum atomic E-state index is 0.786. The Morgan fingerprint density at radius 2 is 1.06 bits per heavy atom. The molecule has 7 rings (SSSR count). The molecule has 4 heteroatoms. The topological polar surface area (TPSA) is 0 Å². The van der Waals surface area contributed by atoms with Crippen molar-refractivity contribution in [2.75, 3.05) is 0 Å². The lowest BCUT2D eigenvalue weighted by Gasteiger charge is -2.23. The molecule has 172 valence electrons. The van der Waals surface area contributed by atoms with Gasteiger partial charge in [0.15, 0.2) is 0 Å². The molecule has 0 nitrogen and oxygen atoms in total. The second-order valence-corrected chi connectivity index (χ2v) is 15.6. The molecule has 2 aliphatic carbocycles. The van der Waals surface area contributed by atoms with Gasteiger partial charge in [-0.15, -0.1) is 46.2 Å². The number of hydrogen-bond acceptors (Lipinski definition) is 4. The smallest absolute Gasteiger partial charge is 0.0442 e. The van der Waals surface area contributed by atoms with E-state index in [1.807, 2.05) is 22.7 Å². The molecule has 4 heterocycles. The van der Waals surface area contributed by atoms with E-state index in [-0.39, 0.29) is 0 Å².